The van der Waals surface area contributed by atoms with E-state index in [0.29, 0.717) is 13.1 Å². The first-order valence-electron chi connectivity index (χ1n) is 9.60. The highest BCUT2D eigenvalue weighted by Crippen LogP contribution is 2.30. The van der Waals surface area contributed by atoms with E-state index in [4.69, 9.17) is 9.26 Å². The zero-order valence-corrected chi connectivity index (χ0v) is 16.9. The second-order valence-electron chi connectivity index (χ2n) is 7.41. The highest BCUT2D eigenvalue weighted by Gasteiger charge is 2.29. The van der Waals surface area contributed by atoms with Gasteiger partial charge in [-0.05, 0) is 46.8 Å². The van der Waals surface area contributed by atoms with Crippen LogP contribution in [0.5, 0.6) is 5.75 Å². The maximum atomic E-state index is 13.0. The van der Waals surface area contributed by atoms with Crippen molar-refractivity contribution in [3.63, 3.8) is 0 Å². The Labute approximate surface area is 161 Å². The van der Waals surface area contributed by atoms with Gasteiger partial charge in [0.25, 0.3) is 0 Å². The van der Waals surface area contributed by atoms with Gasteiger partial charge in [0.2, 0.25) is 5.91 Å². The zero-order chi connectivity index (χ0) is 19.6. The second-order valence-corrected chi connectivity index (χ2v) is 7.41. The highest BCUT2D eigenvalue weighted by molar-refractivity contribution is 5.84. The fraction of sp³-hybridized carbons (Fsp3) is 0.524. The van der Waals surface area contributed by atoms with Gasteiger partial charge in [0.1, 0.15) is 11.5 Å². The molecule has 1 aromatic heterocycles. The number of hydrogen-bond acceptors (Lipinski definition) is 5. The smallest absolute Gasteiger partial charge is 0.230 e. The lowest BCUT2D eigenvalue weighted by atomic mass is 9.97. The summed E-state index contributed by atoms with van der Waals surface area (Å²) in [6.45, 7) is 12.7. The predicted octanol–water partition coefficient (Wildman–Crippen LogP) is 3.53. The fourth-order valence-corrected chi connectivity index (χ4v) is 3.75. The number of amides is 1. The Morgan fingerprint density at radius 1 is 1.11 bits per heavy atom. The van der Waals surface area contributed by atoms with E-state index in [-0.39, 0.29) is 17.9 Å². The van der Waals surface area contributed by atoms with Crippen molar-refractivity contribution in [1.82, 2.24) is 10.1 Å². The number of hydrogen-bond donors (Lipinski definition) is 0. The van der Waals surface area contributed by atoms with Gasteiger partial charge in [-0.1, -0.05) is 17.3 Å². The van der Waals surface area contributed by atoms with E-state index in [0.717, 1.165) is 41.5 Å². The summed E-state index contributed by atoms with van der Waals surface area (Å²) in [4.78, 5) is 17.2. The predicted molar refractivity (Wildman–Crippen MR) is 105 cm³/mol. The Morgan fingerprint density at radius 3 is 2.37 bits per heavy atom. The monoisotopic (exact) mass is 371 g/mol. The molecule has 3 rings (SSSR count). The third-order valence-electron chi connectivity index (χ3n) is 5.05. The lowest BCUT2D eigenvalue weighted by Crippen LogP contribution is -2.50. The van der Waals surface area contributed by atoms with E-state index in [1.54, 1.807) is 0 Å². The minimum absolute atomic E-state index is 0.130. The Balaban J connectivity index is 1.66. The van der Waals surface area contributed by atoms with Crippen LogP contribution in [0.2, 0.25) is 0 Å². The number of benzene rings is 1. The van der Waals surface area contributed by atoms with Gasteiger partial charge in [-0.3, -0.25) is 4.79 Å². The molecule has 2 heterocycles. The van der Waals surface area contributed by atoms with Crippen molar-refractivity contribution in [2.24, 2.45) is 0 Å². The van der Waals surface area contributed by atoms with Crippen LogP contribution in [0, 0.1) is 13.8 Å². The topological polar surface area (TPSA) is 58.8 Å². The van der Waals surface area contributed by atoms with Crippen molar-refractivity contribution in [3.05, 3.63) is 41.3 Å². The quantitative estimate of drug-likeness (QED) is 0.805. The minimum atomic E-state index is -0.237. The molecule has 0 spiro atoms. The van der Waals surface area contributed by atoms with Gasteiger partial charge in [0, 0.05) is 31.7 Å². The third-order valence-corrected chi connectivity index (χ3v) is 5.05. The fourth-order valence-electron chi connectivity index (χ4n) is 3.75. The third kappa shape index (κ3) is 4.10. The van der Waals surface area contributed by atoms with Crippen LogP contribution in [0.3, 0.4) is 0 Å². The van der Waals surface area contributed by atoms with Crippen molar-refractivity contribution in [2.45, 2.75) is 46.6 Å². The minimum Gasteiger partial charge on any atom is -0.489 e. The molecule has 27 heavy (non-hydrogen) atoms. The lowest BCUT2D eigenvalue weighted by molar-refractivity contribution is -0.132. The molecule has 1 saturated heterocycles. The normalized spacial score (nSPS) is 15.9. The summed E-state index contributed by atoms with van der Waals surface area (Å²) in [5.41, 5.74) is 2.81. The molecule has 6 nitrogen and oxygen atoms in total. The first kappa shape index (κ1) is 19.3. The van der Waals surface area contributed by atoms with Crippen LogP contribution in [-0.4, -0.2) is 48.2 Å². The first-order valence-corrected chi connectivity index (χ1v) is 9.60. The molecule has 1 aliphatic rings. The van der Waals surface area contributed by atoms with Crippen LogP contribution >= 0.6 is 0 Å². The van der Waals surface area contributed by atoms with Crippen molar-refractivity contribution in [1.29, 1.82) is 0 Å². The van der Waals surface area contributed by atoms with Crippen molar-refractivity contribution in [3.8, 4) is 5.75 Å². The highest BCUT2D eigenvalue weighted by atomic mass is 16.5. The molecule has 0 aliphatic carbocycles. The number of anilines is 1. The Morgan fingerprint density at radius 2 is 1.78 bits per heavy atom. The van der Waals surface area contributed by atoms with E-state index in [9.17, 15) is 4.79 Å². The molecule has 0 bridgehead atoms. The average Bonchev–Trinajstić information content (AvgIpc) is 2.99. The molecule has 1 aromatic carbocycles. The van der Waals surface area contributed by atoms with E-state index >= 15 is 0 Å². The van der Waals surface area contributed by atoms with Crippen LogP contribution in [0.25, 0.3) is 0 Å². The first-order chi connectivity index (χ1) is 12.9. The summed E-state index contributed by atoms with van der Waals surface area (Å²) in [6.07, 6.45) is 0.130. The summed E-state index contributed by atoms with van der Waals surface area (Å²) in [7, 11) is 0. The molecule has 6 heteroatoms. The van der Waals surface area contributed by atoms with Gasteiger partial charge < -0.3 is 19.1 Å². The number of carbonyl (C=O) groups is 1. The molecular formula is C21H29N3O3. The number of nitrogens with zero attached hydrogens (tertiary/aromatic N) is 3. The summed E-state index contributed by atoms with van der Waals surface area (Å²) in [5, 5.41) is 3.98. The summed E-state index contributed by atoms with van der Waals surface area (Å²) < 4.78 is 11.2. The summed E-state index contributed by atoms with van der Waals surface area (Å²) >= 11 is 0. The van der Waals surface area contributed by atoms with E-state index < -0.39 is 0 Å². The number of piperazine rings is 1. The van der Waals surface area contributed by atoms with Gasteiger partial charge in [-0.2, -0.15) is 0 Å². The Kier molecular flexibility index (Phi) is 5.73. The number of ether oxygens (including phenoxy) is 1. The van der Waals surface area contributed by atoms with E-state index in [1.165, 1.54) is 0 Å². The van der Waals surface area contributed by atoms with Crippen molar-refractivity contribution < 1.29 is 14.1 Å². The number of aryl methyl sites for hydroxylation is 2. The van der Waals surface area contributed by atoms with Gasteiger partial charge in [0.15, 0.2) is 0 Å². The molecule has 1 atom stereocenters. The second kappa shape index (κ2) is 8.03. The van der Waals surface area contributed by atoms with Crippen LogP contribution < -0.4 is 9.64 Å². The molecule has 0 saturated carbocycles. The zero-order valence-electron chi connectivity index (χ0n) is 16.9. The molecule has 146 valence electrons. The van der Waals surface area contributed by atoms with E-state index in [2.05, 4.69) is 16.1 Å². The number of para-hydroxylation sites is 2. The Bertz CT molecular complexity index is 772. The van der Waals surface area contributed by atoms with Crippen LogP contribution in [-0.2, 0) is 4.79 Å². The van der Waals surface area contributed by atoms with Gasteiger partial charge in [0.05, 0.1) is 23.4 Å². The average molecular weight is 371 g/mol. The summed E-state index contributed by atoms with van der Waals surface area (Å²) in [5.74, 6) is 1.53. The number of carbonyl (C=O) groups excluding carboxylic acids is 1. The van der Waals surface area contributed by atoms with Crippen molar-refractivity contribution >= 4 is 11.6 Å². The van der Waals surface area contributed by atoms with Crippen LogP contribution in [0.15, 0.2) is 28.8 Å². The molecular weight excluding hydrogens is 342 g/mol. The number of rotatable bonds is 5. The molecule has 0 N–H and O–H groups in total. The molecule has 0 radical (unpaired) electrons. The Hall–Kier alpha value is -2.50. The number of aromatic nitrogens is 1. The molecule has 1 amide bonds. The molecule has 1 aliphatic heterocycles. The standard InChI is InChI=1S/C21H29N3O3/c1-14(2)26-19-9-7-6-8-18(19)23-10-12-24(13-11-23)21(25)15(3)20-16(4)22-27-17(20)5/h6-9,14-15H,10-13H2,1-5H3/t15-/m1/s1. The largest absolute Gasteiger partial charge is 0.489 e. The van der Waals surface area contributed by atoms with Crippen molar-refractivity contribution in [2.75, 3.05) is 31.1 Å². The van der Waals surface area contributed by atoms with Gasteiger partial charge >= 0.3 is 0 Å². The van der Waals surface area contributed by atoms with Gasteiger partial charge in [-0.15, -0.1) is 0 Å². The van der Waals surface area contributed by atoms with Crippen LogP contribution in [0.4, 0.5) is 5.69 Å². The molecule has 1 fully saturated rings. The van der Waals surface area contributed by atoms with E-state index in [1.807, 2.05) is 57.7 Å². The molecule has 0 unspecified atom stereocenters. The summed E-state index contributed by atoms with van der Waals surface area (Å²) in [6, 6.07) is 8.11. The lowest BCUT2D eigenvalue weighted by Gasteiger charge is -2.37. The van der Waals surface area contributed by atoms with Crippen LogP contribution in [0.1, 0.15) is 43.7 Å². The van der Waals surface area contributed by atoms with Gasteiger partial charge in [-0.25, -0.2) is 0 Å². The maximum absolute atomic E-state index is 13.0. The maximum Gasteiger partial charge on any atom is 0.230 e. The molecule has 2 aromatic rings. The SMILES string of the molecule is Cc1noc(C)c1[C@@H](C)C(=O)N1CCN(c2ccccc2OC(C)C)CC1.